The molecule has 5 heteroatoms. The summed E-state index contributed by atoms with van der Waals surface area (Å²) in [7, 11) is 1.67. The summed E-state index contributed by atoms with van der Waals surface area (Å²) >= 11 is 1.69. The number of carbonyl (C=O) groups excluding carboxylic acids is 1. The SMILES string of the molecule is COc1cc2sccc2cc1CCNC(=O)OC(C)(C)C. The molecule has 0 saturated heterocycles. The molecular weight excluding hydrogens is 286 g/mol. The van der Waals surface area contributed by atoms with Crippen LogP contribution in [-0.4, -0.2) is 25.3 Å². The first-order valence-corrected chi connectivity index (χ1v) is 7.78. The smallest absolute Gasteiger partial charge is 0.407 e. The van der Waals surface area contributed by atoms with Crippen molar-refractivity contribution in [2.24, 2.45) is 0 Å². The van der Waals surface area contributed by atoms with Crippen LogP contribution in [0.15, 0.2) is 23.6 Å². The average Bonchev–Trinajstić information content (AvgIpc) is 2.82. The number of nitrogens with one attached hydrogen (secondary N) is 1. The molecule has 0 radical (unpaired) electrons. The van der Waals surface area contributed by atoms with E-state index in [-0.39, 0.29) is 0 Å². The Morgan fingerprint density at radius 3 is 2.76 bits per heavy atom. The number of methoxy groups -OCH3 is 1. The van der Waals surface area contributed by atoms with Gasteiger partial charge in [-0.05, 0) is 61.7 Å². The van der Waals surface area contributed by atoms with Crippen LogP contribution >= 0.6 is 11.3 Å². The van der Waals surface area contributed by atoms with Gasteiger partial charge in [0.1, 0.15) is 11.4 Å². The summed E-state index contributed by atoms with van der Waals surface area (Å²) < 4.78 is 11.8. The Hall–Kier alpha value is -1.75. The number of fused-ring (bicyclic) bond motifs is 1. The van der Waals surface area contributed by atoms with Gasteiger partial charge in [-0.2, -0.15) is 0 Å². The number of hydrogen-bond acceptors (Lipinski definition) is 4. The molecule has 0 saturated carbocycles. The van der Waals surface area contributed by atoms with Gasteiger partial charge < -0.3 is 14.8 Å². The van der Waals surface area contributed by atoms with E-state index >= 15 is 0 Å². The third kappa shape index (κ3) is 4.36. The zero-order valence-corrected chi connectivity index (χ0v) is 13.7. The second-order valence-electron chi connectivity index (χ2n) is 5.80. The largest absolute Gasteiger partial charge is 0.496 e. The van der Waals surface area contributed by atoms with Gasteiger partial charge in [-0.3, -0.25) is 0 Å². The number of carbonyl (C=O) groups is 1. The van der Waals surface area contributed by atoms with E-state index in [9.17, 15) is 4.79 Å². The van der Waals surface area contributed by atoms with Crippen molar-refractivity contribution in [2.45, 2.75) is 32.8 Å². The highest BCUT2D eigenvalue weighted by Gasteiger charge is 2.15. The van der Waals surface area contributed by atoms with Gasteiger partial charge >= 0.3 is 6.09 Å². The maximum atomic E-state index is 11.6. The van der Waals surface area contributed by atoms with Crippen LogP contribution in [0.3, 0.4) is 0 Å². The van der Waals surface area contributed by atoms with Crippen LogP contribution in [0.1, 0.15) is 26.3 Å². The molecule has 0 spiro atoms. The van der Waals surface area contributed by atoms with Crippen molar-refractivity contribution < 1.29 is 14.3 Å². The Bertz CT molecular complexity index is 628. The van der Waals surface area contributed by atoms with Crippen molar-refractivity contribution in [1.82, 2.24) is 5.32 Å². The van der Waals surface area contributed by atoms with E-state index in [2.05, 4.69) is 22.8 Å². The maximum Gasteiger partial charge on any atom is 0.407 e. The van der Waals surface area contributed by atoms with Crippen LogP contribution in [0.2, 0.25) is 0 Å². The van der Waals surface area contributed by atoms with Crippen LogP contribution in [0, 0.1) is 0 Å². The van der Waals surface area contributed by atoms with E-state index in [0.717, 1.165) is 11.3 Å². The third-order valence-electron chi connectivity index (χ3n) is 2.92. The second-order valence-corrected chi connectivity index (χ2v) is 6.75. The predicted octanol–water partition coefficient (Wildman–Crippen LogP) is 3.98. The Balaban J connectivity index is 1.98. The lowest BCUT2D eigenvalue weighted by Crippen LogP contribution is -2.33. The molecule has 0 atom stereocenters. The first-order valence-electron chi connectivity index (χ1n) is 6.90. The summed E-state index contributed by atoms with van der Waals surface area (Å²) in [6.45, 7) is 6.06. The number of rotatable bonds is 4. The van der Waals surface area contributed by atoms with Gasteiger partial charge in [-0.1, -0.05) is 0 Å². The fraction of sp³-hybridized carbons (Fsp3) is 0.438. The topological polar surface area (TPSA) is 47.6 Å². The molecule has 114 valence electrons. The molecule has 1 aromatic carbocycles. The number of ether oxygens (including phenoxy) is 2. The highest BCUT2D eigenvalue weighted by Crippen LogP contribution is 2.29. The van der Waals surface area contributed by atoms with Gasteiger partial charge in [0.2, 0.25) is 0 Å². The van der Waals surface area contributed by atoms with E-state index in [1.54, 1.807) is 18.4 Å². The normalized spacial score (nSPS) is 11.4. The number of thiophene rings is 1. The third-order valence-corrected chi connectivity index (χ3v) is 3.80. The number of hydrogen-bond donors (Lipinski definition) is 1. The minimum Gasteiger partial charge on any atom is -0.496 e. The molecule has 0 aliphatic carbocycles. The van der Waals surface area contributed by atoms with E-state index in [4.69, 9.17) is 9.47 Å². The molecule has 2 rings (SSSR count). The van der Waals surface area contributed by atoms with Gasteiger partial charge in [0.05, 0.1) is 7.11 Å². The van der Waals surface area contributed by atoms with E-state index in [0.29, 0.717) is 13.0 Å². The molecule has 0 aliphatic heterocycles. The Labute approximate surface area is 129 Å². The summed E-state index contributed by atoms with van der Waals surface area (Å²) in [6.07, 6.45) is 0.312. The Morgan fingerprint density at radius 2 is 2.10 bits per heavy atom. The molecule has 0 aliphatic rings. The van der Waals surface area contributed by atoms with Crippen LogP contribution in [-0.2, 0) is 11.2 Å². The van der Waals surface area contributed by atoms with Gasteiger partial charge in [0.25, 0.3) is 0 Å². The lowest BCUT2D eigenvalue weighted by atomic mass is 10.1. The molecular formula is C16H21NO3S. The first-order chi connectivity index (χ1) is 9.89. The highest BCUT2D eigenvalue weighted by molar-refractivity contribution is 7.17. The van der Waals surface area contributed by atoms with Crippen molar-refractivity contribution in [3.05, 3.63) is 29.1 Å². The summed E-state index contributed by atoms with van der Waals surface area (Å²) in [5.74, 6) is 0.857. The van der Waals surface area contributed by atoms with Crippen molar-refractivity contribution in [1.29, 1.82) is 0 Å². The fourth-order valence-electron chi connectivity index (χ4n) is 2.04. The van der Waals surface area contributed by atoms with E-state index < -0.39 is 11.7 Å². The molecule has 0 fully saturated rings. The number of amides is 1. The van der Waals surface area contributed by atoms with Crippen LogP contribution in [0.25, 0.3) is 10.1 Å². The minimum absolute atomic E-state index is 0.391. The summed E-state index contributed by atoms with van der Waals surface area (Å²) in [6, 6.07) is 6.24. The quantitative estimate of drug-likeness (QED) is 0.929. The van der Waals surface area contributed by atoms with Gasteiger partial charge in [-0.15, -0.1) is 11.3 Å². The maximum absolute atomic E-state index is 11.6. The minimum atomic E-state index is -0.475. The number of alkyl carbamates (subject to hydrolysis) is 1. The molecule has 1 N–H and O–H groups in total. The fourth-order valence-corrected chi connectivity index (χ4v) is 2.84. The highest BCUT2D eigenvalue weighted by atomic mass is 32.1. The summed E-state index contributed by atoms with van der Waals surface area (Å²) in [5.41, 5.74) is 0.608. The Kier molecular flexibility index (Phi) is 4.73. The predicted molar refractivity (Wildman–Crippen MR) is 86.3 cm³/mol. The molecule has 1 heterocycles. The van der Waals surface area contributed by atoms with E-state index in [1.807, 2.05) is 26.8 Å². The Morgan fingerprint density at radius 1 is 1.33 bits per heavy atom. The lowest BCUT2D eigenvalue weighted by molar-refractivity contribution is 0.0528. The van der Waals surface area contributed by atoms with Gasteiger partial charge in [0, 0.05) is 11.2 Å². The molecule has 1 amide bonds. The second kappa shape index (κ2) is 6.35. The monoisotopic (exact) mass is 307 g/mol. The molecule has 1 aromatic heterocycles. The first kappa shape index (κ1) is 15.6. The molecule has 4 nitrogen and oxygen atoms in total. The van der Waals surface area contributed by atoms with Crippen LogP contribution in [0.5, 0.6) is 5.75 Å². The standard InChI is InChI=1S/C16H21NO3S/c1-16(2,3)20-15(18)17-7-5-11-9-12-6-8-21-14(12)10-13(11)19-4/h6,8-10H,5,7H2,1-4H3,(H,17,18). The van der Waals surface area contributed by atoms with Gasteiger partial charge in [0.15, 0.2) is 0 Å². The summed E-state index contributed by atoms with van der Waals surface area (Å²) in [5, 5.41) is 6.03. The van der Waals surface area contributed by atoms with Crippen molar-refractivity contribution >= 4 is 27.5 Å². The van der Waals surface area contributed by atoms with Crippen LogP contribution < -0.4 is 10.1 Å². The van der Waals surface area contributed by atoms with Gasteiger partial charge in [-0.25, -0.2) is 4.79 Å². The van der Waals surface area contributed by atoms with Crippen molar-refractivity contribution in [3.63, 3.8) is 0 Å². The molecule has 0 bridgehead atoms. The average molecular weight is 307 g/mol. The van der Waals surface area contributed by atoms with Crippen molar-refractivity contribution in [2.75, 3.05) is 13.7 Å². The molecule has 2 aromatic rings. The van der Waals surface area contributed by atoms with E-state index in [1.165, 1.54) is 10.1 Å². The zero-order valence-electron chi connectivity index (χ0n) is 12.9. The number of benzene rings is 1. The lowest BCUT2D eigenvalue weighted by Gasteiger charge is -2.19. The summed E-state index contributed by atoms with van der Waals surface area (Å²) in [4.78, 5) is 11.6. The molecule has 21 heavy (non-hydrogen) atoms. The van der Waals surface area contributed by atoms with Crippen molar-refractivity contribution in [3.8, 4) is 5.75 Å². The zero-order chi connectivity index (χ0) is 15.5. The molecule has 0 unspecified atom stereocenters. The van der Waals surface area contributed by atoms with Crippen LogP contribution in [0.4, 0.5) is 4.79 Å².